The first-order valence-corrected chi connectivity index (χ1v) is 10.6. The van der Waals surface area contributed by atoms with Gasteiger partial charge in [0, 0.05) is 0 Å². The van der Waals surface area contributed by atoms with E-state index in [1.165, 1.54) is 51.4 Å². The molecule has 5 aliphatic rings. The molecule has 5 saturated carbocycles. The zero-order valence-electron chi connectivity index (χ0n) is 15.1. The Labute approximate surface area is 151 Å². The van der Waals surface area contributed by atoms with Crippen molar-refractivity contribution in [1.82, 2.24) is 0 Å². The van der Waals surface area contributed by atoms with Gasteiger partial charge in [0.15, 0.2) is 0 Å². The van der Waals surface area contributed by atoms with Crippen molar-refractivity contribution in [2.45, 2.75) is 57.8 Å². The molecule has 0 amide bonds. The van der Waals surface area contributed by atoms with E-state index in [9.17, 15) is 4.79 Å². The number of fused-ring (bicyclic) bond motifs is 1. The fourth-order valence-electron chi connectivity index (χ4n) is 7.36. The minimum absolute atomic E-state index is 0.0641. The third-order valence-electron chi connectivity index (χ3n) is 8.09. The number of ether oxygens (including phenoxy) is 1. The molecule has 5 aliphatic carbocycles. The van der Waals surface area contributed by atoms with E-state index in [0.717, 1.165) is 36.0 Å². The summed E-state index contributed by atoms with van der Waals surface area (Å²) in [7, 11) is 0. The summed E-state index contributed by atoms with van der Waals surface area (Å²) < 4.78 is 5.83. The summed E-state index contributed by atoms with van der Waals surface area (Å²) >= 11 is 0. The highest BCUT2D eigenvalue weighted by Gasteiger charge is 2.59. The average Bonchev–Trinajstić information content (AvgIpc) is 2.69. The smallest absolute Gasteiger partial charge is 0.314 e. The predicted molar refractivity (Wildman–Crippen MR) is 98.1 cm³/mol. The molecule has 0 N–H and O–H groups in total. The van der Waals surface area contributed by atoms with Crippen molar-refractivity contribution in [3.05, 3.63) is 30.3 Å². The Morgan fingerprint density at radius 2 is 1.32 bits per heavy atom. The maximum atomic E-state index is 13.1. The van der Waals surface area contributed by atoms with E-state index < -0.39 is 0 Å². The van der Waals surface area contributed by atoms with E-state index in [1.54, 1.807) is 0 Å². The summed E-state index contributed by atoms with van der Waals surface area (Å²) in [5.74, 6) is 5.79. The van der Waals surface area contributed by atoms with Gasteiger partial charge in [-0.3, -0.25) is 4.79 Å². The lowest BCUT2D eigenvalue weighted by Gasteiger charge is -2.62. The van der Waals surface area contributed by atoms with Gasteiger partial charge in [-0.15, -0.1) is 0 Å². The SMILES string of the molecule is O=C(Oc1ccccc1)C1CC2C3CCCCC3C1C1CCCCC21. The molecule has 5 fully saturated rings. The lowest BCUT2D eigenvalue weighted by Crippen LogP contribution is -2.58. The zero-order valence-corrected chi connectivity index (χ0v) is 15.1. The number of carbonyl (C=O) groups is 1. The van der Waals surface area contributed by atoms with Gasteiger partial charge in [0.1, 0.15) is 5.75 Å². The summed E-state index contributed by atoms with van der Waals surface area (Å²) in [6, 6.07) is 9.69. The molecule has 1 aromatic rings. The molecule has 0 spiro atoms. The van der Waals surface area contributed by atoms with Crippen LogP contribution in [0.15, 0.2) is 30.3 Å². The van der Waals surface area contributed by atoms with E-state index in [2.05, 4.69) is 0 Å². The summed E-state index contributed by atoms with van der Waals surface area (Å²) in [5, 5.41) is 0. The first-order valence-electron chi connectivity index (χ1n) is 10.6. The van der Waals surface area contributed by atoms with Gasteiger partial charge in [0.25, 0.3) is 0 Å². The quantitative estimate of drug-likeness (QED) is 0.528. The maximum Gasteiger partial charge on any atom is 0.314 e. The van der Waals surface area contributed by atoms with Crippen LogP contribution in [0.25, 0.3) is 0 Å². The van der Waals surface area contributed by atoms with Gasteiger partial charge >= 0.3 is 5.97 Å². The molecule has 1 aromatic carbocycles. The first-order chi connectivity index (χ1) is 12.3. The van der Waals surface area contributed by atoms with Crippen LogP contribution >= 0.6 is 0 Å². The molecule has 2 heteroatoms. The normalized spacial score (nSPS) is 42.3. The molecule has 5 unspecified atom stereocenters. The molecule has 0 aliphatic heterocycles. The van der Waals surface area contributed by atoms with Crippen LogP contribution in [0.2, 0.25) is 0 Å². The minimum atomic E-state index is 0.0641. The Hall–Kier alpha value is -1.31. The molecule has 2 bridgehead atoms. The molecule has 6 rings (SSSR count). The van der Waals surface area contributed by atoms with Crippen molar-refractivity contribution in [2.75, 3.05) is 0 Å². The van der Waals surface area contributed by atoms with Crippen molar-refractivity contribution in [3.8, 4) is 5.75 Å². The summed E-state index contributed by atoms with van der Waals surface area (Å²) in [5.41, 5.74) is 0. The molecular formula is C23H30O2. The number of hydrogen-bond donors (Lipinski definition) is 0. The molecule has 0 heterocycles. The molecule has 0 saturated heterocycles. The van der Waals surface area contributed by atoms with Crippen molar-refractivity contribution in [2.24, 2.45) is 41.4 Å². The van der Waals surface area contributed by atoms with Crippen molar-refractivity contribution in [1.29, 1.82) is 0 Å². The van der Waals surface area contributed by atoms with Crippen LogP contribution < -0.4 is 4.74 Å². The third-order valence-corrected chi connectivity index (χ3v) is 8.09. The van der Waals surface area contributed by atoms with Crippen LogP contribution in [0.4, 0.5) is 0 Å². The molecule has 134 valence electrons. The van der Waals surface area contributed by atoms with Gasteiger partial charge in [-0.25, -0.2) is 0 Å². The summed E-state index contributed by atoms with van der Waals surface area (Å²) in [6.07, 6.45) is 12.3. The number of rotatable bonds is 2. The number of benzene rings is 1. The predicted octanol–water partition coefficient (Wildman–Crippen LogP) is 5.47. The zero-order chi connectivity index (χ0) is 16.8. The maximum absolute atomic E-state index is 13.1. The van der Waals surface area contributed by atoms with Crippen LogP contribution in [-0.4, -0.2) is 5.97 Å². The second-order valence-electron chi connectivity index (χ2n) is 9.04. The van der Waals surface area contributed by atoms with Gasteiger partial charge < -0.3 is 4.74 Å². The highest BCUT2D eigenvalue weighted by atomic mass is 16.5. The fourth-order valence-corrected chi connectivity index (χ4v) is 7.36. The van der Waals surface area contributed by atoms with E-state index in [0.29, 0.717) is 11.7 Å². The minimum Gasteiger partial charge on any atom is -0.426 e. The van der Waals surface area contributed by atoms with Crippen LogP contribution in [0.3, 0.4) is 0 Å². The largest absolute Gasteiger partial charge is 0.426 e. The second kappa shape index (κ2) is 6.45. The van der Waals surface area contributed by atoms with Gasteiger partial charge in [0.2, 0.25) is 0 Å². The molecule has 2 nitrogen and oxygen atoms in total. The third kappa shape index (κ3) is 2.64. The highest BCUT2D eigenvalue weighted by molar-refractivity contribution is 5.76. The summed E-state index contributed by atoms with van der Waals surface area (Å²) in [6.45, 7) is 0. The van der Waals surface area contributed by atoms with E-state index >= 15 is 0 Å². The number of esters is 1. The first kappa shape index (κ1) is 15.9. The van der Waals surface area contributed by atoms with E-state index in [4.69, 9.17) is 4.74 Å². The highest BCUT2D eigenvalue weighted by Crippen LogP contribution is 2.64. The summed E-state index contributed by atoms with van der Waals surface area (Å²) in [4.78, 5) is 13.1. The van der Waals surface area contributed by atoms with Crippen LogP contribution in [-0.2, 0) is 4.79 Å². The molecule has 5 atom stereocenters. The Bertz CT molecular complexity index is 600. The standard InChI is InChI=1S/C23H30O2/c24-23(25-15-8-2-1-3-9-15)21-14-20-16-10-4-6-12-18(16)22(21)19-13-7-5-11-17(19)20/h1-3,8-9,16-22H,4-7,10-14H2. The number of para-hydroxylation sites is 1. The monoisotopic (exact) mass is 338 g/mol. The molecule has 25 heavy (non-hydrogen) atoms. The average molecular weight is 338 g/mol. The number of hydrogen-bond acceptors (Lipinski definition) is 2. The Kier molecular flexibility index (Phi) is 4.10. The van der Waals surface area contributed by atoms with Crippen LogP contribution in [0.1, 0.15) is 57.8 Å². The lowest BCUT2D eigenvalue weighted by molar-refractivity contribution is -0.171. The van der Waals surface area contributed by atoms with Crippen molar-refractivity contribution >= 4 is 5.97 Å². The Balaban J connectivity index is 1.42. The lowest BCUT2D eigenvalue weighted by atomic mass is 9.42. The Morgan fingerprint density at radius 1 is 0.760 bits per heavy atom. The van der Waals surface area contributed by atoms with Gasteiger partial charge in [-0.1, -0.05) is 43.9 Å². The van der Waals surface area contributed by atoms with Crippen LogP contribution in [0.5, 0.6) is 5.75 Å². The van der Waals surface area contributed by atoms with E-state index in [-0.39, 0.29) is 11.9 Å². The molecule has 0 aromatic heterocycles. The van der Waals surface area contributed by atoms with Gasteiger partial charge in [-0.2, -0.15) is 0 Å². The number of carbonyl (C=O) groups excluding carboxylic acids is 1. The Morgan fingerprint density at radius 3 is 1.92 bits per heavy atom. The van der Waals surface area contributed by atoms with Crippen molar-refractivity contribution < 1.29 is 9.53 Å². The molecule has 0 radical (unpaired) electrons. The van der Waals surface area contributed by atoms with E-state index in [1.807, 2.05) is 30.3 Å². The van der Waals surface area contributed by atoms with Crippen LogP contribution in [0, 0.1) is 41.4 Å². The topological polar surface area (TPSA) is 26.3 Å². The fraction of sp³-hybridized carbons (Fsp3) is 0.696. The second-order valence-corrected chi connectivity index (χ2v) is 9.04. The molecular weight excluding hydrogens is 308 g/mol. The van der Waals surface area contributed by atoms with Gasteiger partial charge in [-0.05, 0) is 79.7 Å². The van der Waals surface area contributed by atoms with Gasteiger partial charge in [0.05, 0.1) is 5.92 Å². The van der Waals surface area contributed by atoms with Crippen molar-refractivity contribution in [3.63, 3.8) is 0 Å².